The van der Waals surface area contributed by atoms with Gasteiger partial charge in [0.25, 0.3) is 0 Å². The molecule has 0 unspecified atom stereocenters. The minimum atomic E-state index is 0. The maximum atomic E-state index is 4.29. The molecule has 0 radical (unpaired) electrons. The Morgan fingerprint density at radius 1 is 0.893 bits per heavy atom. The normalized spacial score (nSPS) is 11.1. The Labute approximate surface area is 200 Å². The first-order valence-corrected chi connectivity index (χ1v) is 11.2. The van der Waals surface area contributed by atoms with Gasteiger partial charge in [0.1, 0.15) is 0 Å². The number of nitrogens with zero attached hydrogens (tertiary/aromatic N) is 3. The van der Waals surface area contributed by atoms with Gasteiger partial charge in [-0.3, -0.25) is 4.68 Å². The molecule has 1 aromatic heterocycles. The van der Waals surface area contributed by atoms with Gasteiger partial charge in [0, 0.05) is 12.7 Å². The van der Waals surface area contributed by atoms with Crippen molar-refractivity contribution in [3.8, 4) is 0 Å². The van der Waals surface area contributed by atoms with E-state index in [9.17, 15) is 0 Å². The Balaban J connectivity index is 0. The van der Waals surface area contributed by atoms with Crippen LogP contribution >= 0.6 is 0 Å². The first-order chi connectivity index (χ1) is 12.7. The van der Waals surface area contributed by atoms with Crippen LogP contribution in [0.2, 0.25) is 0 Å². The van der Waals surface area contributed by atoms with Crippen LogP contribution in [-0.2, 0) is 13.0 Å². The largest absolute Gasteiger partial charge is 2.00 e. The standard InChI is InChI=1S/C20H38N3.C4H9.U/c1-5-6-7-9-12-15-19-18-23(22-21-19)17-14-11-8-10-13-16-20(2,3)4;1-4(2)3;/h18H,1,5-17H2,2-4H3;1-3H3;/q2*-1;+2. The fourth-order valence-electron chi connectivity index (χ4n) is 2.86. The number of hydrogen-bond donors (Lipinski definition) is 0. The van der Waals surface area contributed by atoms with E-state index in [1.165, 1.54) is 70.1 Å². The third kappa shape index (κ3) is 22.5. The van der Waals surface area contributed by atoms with Gasteiger partial charge in [-0.1, -0.05) is 70.9 Å². The van der Waals surface area contributed by atoms with E-state index in [4.69, 9.17) is 0 Å². The molecule has 0 bridgehead atoms. The van der Waals surface area contributed by atoms with Crippen molar-refractivity contribution in [2.45, 2.75) is 125 Å². The topological polar surface area (TPSA) is 30.7 Å². The van der Waals surface area contributed by atoms with Crippen LogP contribution in [0, 0.1) is 49.4 Å². The predicted molar refractivity (Wildman–Crippen MR) is 120 cm³/mol. The van der Waals surface area contributed by atoms with E-state index in [-0.39, 0.29) is 31.1 Å². The van der Waals surface area contributed by atoms with Crippen molar-refractivity contribution >= 4 is 0 Å². The molecule has 0 aliphatic carbocycles. The smallest absolute Gasteiger partial charge is 0.343 e. The monoisotopic (exact) mass is 615 g/mol. The molecule has 4 heteroatoms. The molecular weight excluding hydrogens is 568 g/mol. The number of rotatable bonds is 13. The van der Waals surface area contributed by atoms with Crippen LogP contribution in [0.4, 0.5) is 0 Å². The Morgan fingerprint density at radius 2 is 1.43 bits per heavy atom. The molecular formula is C24H47N3U. The second kappa shape index (κ2) is 19.2. The van der Waals surface area contributed by atoms with E-state index < -0.39 is 0 Å². The first-order valence-electron chi connectivity index (χ1n) is 11.2. The second-order valence-corrected chi connectivity index (χ2v) is 9.57. The predicted octanol–water partition coefficient (Wildman–Crippen LogP) is 7.61. The molecule has 0 N–H and O–H groups in total. The Kier molecular flexibility index (Phi) is 20.8. The minimum Gasteiger partial charge on any atom is -0.343 e. The van der Waals surface area contributed by atoms with E-state index >= 15 is 0 Å². The fraction of sp³-hybridized carbons (Fsp3) is 0.833. The van der Waals surface area contributed by atoms with E-state index in [0.717, 1.165) is 25.1 Å². The summed E-state index contributed by atoms with van der Waals surface area (Å²) in [5.74, 6) is 1.42. The molecule has 28 heavy (non-hydrogen) atoms. The average Bonchev–Trinajstić information content (AvgIpc) is 3.00. The van der Waals surface area contributed by atoms with Gasteiger partial charge in [-0.2, -0.15) is 27.2 Å². The summed E-state index contributed by atoms with van der Waals surface area (Å²) in [6, 6.07) is 0. The molecule has 0 amide bonds. The molecule has 0 aliphatic heterocycles. The van der Waals surface area contributed by atoms with Crippen molar-refractivity contribution < 1.29 is 31.1 Å². The summed E-state index contributed by atoms with van der Waals surface area (Å²) in [7, 11) is 0. The van der Waals surface area contributed by atoms with Crippen LogP contribution < -0.4 is 0 Å². The molecule has 162 valence electrons. The summed E-state index contributed by atoms with van der Waals surface area (Å²) < 4.78 is 2.03. The zero-order valence-corrected chi connectivity index (χ0v) is 24.0. The van der Waals surface area contributed by atoms with Crippen molar-refractivity contribution in [3.05, 3.63) is 24.7 Å². The van der Waals surface area contributed by atoms with Gasteiger partial charge in [-0.25, -0.2) is 0 Å². The molecule has 0 spiro atoms. The van der Waals surface area contributed by atoms with Crippen LogP contribution in [0.3, 0.4) is 0 Å². The van der Waals surface area contributed by atoms with Crippen LogP contribution in [0.5, 0.6) is 0 Å². The van der Waals surface area contributed by atoms with Crippen molar-refractivity contribution in [1.29, 1.82) is 0 Å². The van der Waals surface area contributed by atoms with E-state index in [1.54, 1.807) is 0 Å². The molecule has 0 saturated carbocycles. The van der Waals surface area contributed by atoms with Crippen molar-refractivity contribution in [3.63, 3.8) is 0 Å². The summed E-state index contributed by atoms with van der Waals surface area (Å²) in [6.07, 6.45) is 17.3. The minimum absolute atomic E-state index is 0. The summed E-state index contributed by atoms with van der Waals surface area (Å²) in [4.78, 5) is 0. The van der Waals surface area contributed by atoms with E-state index in [2.05, 4.69) is 65.0 Å². The van der Waals surface area contributed by atoms with Gasteiger partial charge in [0.15, 0.2) is 0 Å². The van der Waals surface area contributed by atoms with Gasteiger partial charge in [0.05, 0.1) is 5.69 Å². The molecule has 1 heterocycles. The summed E-state index contributed by atoms with van der Waals surface area (Å²) in [6.45, 7) is 18.1. The fourth-order valence-corrected chi connectivity index (χ4v) is 2.86. The van der Waals surface area contributed by atoms with E-state index in [1.807, 2.05) is 4.68 Å². The molecule has 0 saturated heterocycles. The zero-order chi connectivity index (χ0) is 20.5. The summed E-state index contributed by atoms with van der Waals surface area (Å²) in [5, 5.41) is 8.54. The molecule has 0 aromatic carbocycles. The quantitative estimate of drug-likeness (QED) is 0.169. The van der Waals surface area contributed by atoms with Gasteiger partial charge in [-0.05, 0) is 31.1 Å². The molecule has 0 fully saturated rings. The summed E-state index contributed by atoms with van der Waals surface area (Å²) in [5.41, 5.74) is 1.65. The van der Waals surface area contributed by atoms with Crippen LogP contribution in [0.1, 0.15) is 118 Å². The summed E-state index contributed by atoms with van der Waals surface area (Å²) >= 11 is 0. The van der Waals surface area contributed by atoms with Gasteiger partial charge in [-0.15, -0.1) is 5.10 Å². The van der Waals surface area contributed by atoms with Gasteiger partial charge >= 0.3 is 31.1 Å². The van der Waals surface area contributed by atoms with Crippen LogP contribution in [0.15, 0.2) is 6.20 Å². The molecule has 0 atom stereocenters. The first kappa shape index (κ1) is 30.4. The third-order valence-electron chi connectivity index (χ3n) is 4.33. The number of unbranched alkanes of at least 4 members (excludes halogenated alkanes) is 8. The SMILES string of the molecule is C[C-](C)C.[CH2-]CCCCCCc1cn(CCCCCCCC(C)(C)C)nn1.[U+2]. The van der Waals surface area contributed by atoms with Gasteiger partial charge in [0.2, 0.25) is 0 Å². The second-order valence-electron chi connectivity index (χ2n) is 9.57. The molecule has 0 aliphatic rings. The third-order valence-corrected chi connectivity index (χ3v) is 4.33. The number of aromatic nitrogens is 3. The maximum absolute atomic E-state index is 4.29. The van der Waals surface area contributed by atoms with Crippen LogP contribution in [-0.4, -0.2) is 15.0 Å². The van der Waals surface area contributed by atoms with Crippen molar-refractivity contribution in [2.75, 3.05) is 0 Å². The van der Waals surface area contributed by atoms with Crippen LogP contribution in [0.25, 0.3) is 0 Å². The zero-order valence-electron chi connectivity index (χ0n) is 19.8. The van der Waals surface area contributed by atoms with Crippen molar-refractivity contribution in [2.24, 2.45) is 5.41 Å². The Bertz CT molecular complexity index is 433. The number of aryl methyl sites for hydroxylation is 2. The molecule has 1 aromatic rings. The molecule has 3 nitrogen and oxygen atoms in total. The van der Waals surface area contributed by atoms with E-state index in [0.29, 0.717) is 5.41 Å². The maximum Gasteiger partial charge on any atom is 2.00 e. The van der Waals surface area contributed by atoms with Gasteiger partial charge < -0.3 is 12.8 Å². The Hall–Kier alpha value is 0.192. The Morgan fingerprint density at radius 3 is 2.04 bits per heavy atom. The molecule has 1 rings (SSSR count). The van der Waals surface area contributed by atoms with Crippen molar-refractivity contribution in [1.82, 2.24) is 15.0 Å². The average molecular weight is 616 g/mol. The number of hydrogen-bond acceptors (Lipinski definition) is 2.